The fourth-order valence-corrected chi connectivity index (χ4v) is 9.47. The summed E-state index contributed by atoms with van der Waals surface area (Å²) < 4.78 is 44.7. The van der Waals surface area contributed by atoms with Crippen LogP contribution in [-0.4, -0.2) is 45.6 Å². The first-order valence-corrected chi connectivity index (χ1v) is 19.4. The maximum Gasteiger partial charge on any atom is 0.416 e. The van der Waals surface area contributed by atoms with Crippen molar-refractivity contribution in [1.82, 2.24) is 14.8 Å². The third kappa shape index (κ3) is 8.58. The van der Waals surface area contributed by atoms with Crippen molar-refractivity contribution in [1.29, 1.82) is 0 Å². The molecule has 0 radical (unpaired) electrons. The van der Waals surface area contributed by atoms with E-state index in [-0.39, 0.29) is 17.9 Å². The number of carbonyl (C=O) groups is 2. The molecule has 6 rings (SSSR count). The number of amides is 1. The first-order valence-electron chi connectivity index (χ1n) is 19.4. The van der Waals surface area contributed by atoms with Gasteiger partial charge in [-0.15, -0.1) is 0 Å². The predicted molar refractivity (Wildman–Crippen MR) is 201 cm³/mol. The number of aromatic nitrogens is 1. The van der Waals surface area contributed by atoms with E-state index in [1.807, 2.05) is 26.0 Å². The van der Waals surface area contributed by atoms with Gasteiger partial charge < -0.3 is 19.9 Å². The first-order chi connectivity index (χ1) is 25.1. The van der Waals surface area contributed by atoms with Crippen molar-refractivity contribution in [3.8, 4) is 11.1 Å². The van der Waals surface area contributed by atoms with E-state index in [1.165, 1.54) is 29.2 Å². The summed E-state index contributed by atoms with van der Waals surface area (Å²) in [5, 5.41) is 13.0. The van der Waals surface area contributed by atoms with Gasteiger partial charge in [-0.25, -0.2) is 0 Å². The summed E-state index contributed by atoms with van der Waals surface area (Å²) in [4.78, 5) is 42.7. The smallest absolute Gasteiger partial charge is 0.416 e. The number of fused-ring (bicyclic) bond motifs is 1. The Kier molecular flexibility index (Phi) is 11.6. The van der Waals surface area contributed by atoms with Crippen LogP contribution in [0.4, 0.5) is 13.2 Å². The van der Waals surface area contributed by atoms with Gasteiger partial charge in [0.25, 0.3) is 5.56 Å². The molecule has 3 aromatic rings. The topological polar surface area (TPSA) is 91.6 Å². The van der Waals surface area contributed by atoms with Crippen LogP contribution in [0.3, 0.4) is 0 Å². The number of piperidine rings is 1. The van der Waals surface area contributed by atoms with Crippen LogP contribution in [-0.2, 0) is 28.6 Å². The molecule has 2 heterocycles. The van der Waals surface area contributed by atoms with Crippen LogP contribution < -0.4 is 10.9 Å². The lowest BCUT2D eigenvalue weighted by Gasteiger charge is -2.37. The average molecular weight is 734 g/mol. The Hall–Kier alpha value is -3.92. The minimum atomic E-state index is -4.72. The molecule has 2 aromatic carbocycles. The summed E-state index contributed by atoms with van der Waals surface area (Å²) in [6, 6.07) is 7.36. The molecule has 2 N–H and O–H groups in total. The second kappa shape index (κ2) is 15.8. The van der Waals surface area contributed by atoms with E-state index in [2.05, 4.69) is 43.1 Å². The molecule has 286 valence electrons. The average Bonchev–Trinajstić information content (AvgIpc) is 3.79. The molecular formula is C43H54F3N3O4. The molecular weight excluding hydrogens is 679 g/mol. The summed E-state index contributed by atoms with van der Waals surface area (Å²) in [5.74, 6) is -2.18. The van der Waals surface area contributed by atoms with Gasteiger partial charge in [0.1, 0.15) is 6.04 Å². The van der Waals surface area contributed by atoms with E-state index >= 15 is 0 Å². The monoisotopic (exact) mass is 733 g/mol. The minimum Gasteiger partial charge on any atom is -0.481 e. The summed E-state index contributed by atoms with van der Waals surface area (Å²) in [6.07, 6.45) is 4.77. The number of nitrogens with zero attached hydrogens (tertiary/aromatic N) is 2. The zero-order valence-electron chi connectivity index (χ0n) is 31.7. The number of pyridine rings is 1. The van der Waals surface area contributed by atoms with E-state index in [9.17, 15) is 32.7 Å². The van der Waals surface area contributed by atoms with Crippen LogP contribution in [0, 0.1) is 26.7 Å². The van der Waals surface area contributed by atoms with E-state index in [1.54, 1.807) is 0 Å². The Morgan fingerprint density at radius 2 is 1.58 bits per heavy atom. The van der Waals surface area contributed by atoms with Crippen LogP contribution in [0.5, 0.6) is 0 Å². The molecule has 0 unspecified atom stereocenters. The number of aryl methyl sites for hydroxylation is 4. The lowest BCUT2D eigenvalue weighted by Crippen LogP contribution is -2.42. The van der Waals surface area contributed by atoms with E-state index in [4.69, 9.17) is 0 Å². The van der Waals surface area contributed by atoms with Gasteiger partial charge in [-0.1, -0.05) is 50.5 Å². The van der Waals surface area contributed by atoms with Gasteiger partial charge in [0.2, 0.25) is 5.91 Å². The van der Waals surface area contributed by atoms with Crippen molar-refractivity contribution >= 4 is 11.9 Å². The van der Waals surface area contributed by atoms with E-state index in [0.717, 1.165) is 65.5 Å². The number of carboxylic acids is 1. The predicted octanol–water partition coefficient (Wildman–Crippen LogP) is 8.99. The van der Waals surface area contributed by atoms with Gasteiger partial charge in [-0.05, 0) is 148 Å². The van der Waals surface area contributed by atoms with Crippen molar-refractivity contribution in [3.05, 3.63) is 91.4 Å². The minimum absolute atomic E-state index is 0.0546. The highest BCUT2D eigenvalue weighted by atomic mass is 19.4. The molecule has 1 amide bonds. The molecule has 53 heavy (non-hydrogen) atoms. The Labute approximate surface area is 311 Å². The van der Waals surface area contributed by atoms with Crippen molar-refractivity contribution in [2.75, 3.05) is 13.1 Å². The number of carboxylic acid groups (broad SMARTS) is 1. The number of alkyl halides is 3. The van der Waals surface area contributed by atoms with Crippen LogP contribution in [0.15, 0.2) is 41.3 Å². The van der Waals surface area contributed by atoms with Crippen LogP contribution in [0.25, 0.3) is 11.1 Å². The molecule has 1 saturated carbocycles. The molecule has 2 fully saturated rings. The first kappa shape index (κ1) is 38.8. The number of rotatable bonds is 11. The lowest BCUT2D eigenvalue weighted by atomic mass is 9.86. The molecule has 0 spiro atoms. The van der Waals surface area contributed by atoms with Gasteiger partial charge in [0, 0.05) is 18.3 Å². The van der Waals surface area contributed by atoms with Gasteiger partial charge >= 0.3 is 12.1 Å². The quantitative estimate of drug-likeness (QED) is 0.205. The second-order valence-corrected chi connectivity index (χ2v) is 16.3. The number of hydrogen-bond acceptors (Lipinski definition) is 4. The molecule has 1 aromatic heterocycles. The molecule has 10 heteroatoms. The van der Waals surface area contributed by atoms with Crippen molar-refractivity contribution < 1.29 is 27.9 Å². The molecule has 2 atom stereocenters. The third-order valence-corrected chi connectivity index (χ3v) is 11.8. The van der Waals surface area contributed by atoms with Crippen molar-refractivity contribution in [3.63, 3.8) is 0 Å². The Morgan fingerprint density at radius 1 is 0.925 bits per heavy atom. The SMILES string of the molecule is Cc1cc(C)c(-c2cc([C@@H](CC(=O)O)NC(=O)[C@H](CC(C)C)n3cc(C4CCN(C5CCCC5)CC4)c(C(F)(F)F)cc3=O)cc3c2CCC3)c(C)c1. The molecule has 0 bridgehead atoms. The number of halogens is 3. The van der Waals surface area contributed by atoms with Gasteiger partial charge in [-0.2, -0.15) is 13.2 Å². The zero-order valence-corrected chi connectivity index (χ0v) is 31.7. The van der Waals surface area contributed by atoms with Crippen LogP contribution in [0.1, 0.15) is 134 Å². The number of benzene rings is 2. The highest BCUT2D eigenvalue weighted by Gasteiger charge is 2.39. The normalized spacial score (nSPS) is 18.4. The third-order valence-electron chi connectivity index (χ3n) is 11.8. The van der Waals surface area contributed by atoms with Crippen LogP contribution in [0.2, 0.25) is 0 Å². The van der Waals surface area contributed by atoms with E-state index < -0.39 is 53.6 Å². The van der Waals surface area contributed by atoms with Gasteiger partial charge in [0.05, 0.1) is 18.0 Å². The number of nitrogens with one attached hydrogen (secondary N) is 1. The zero-order chi connectivity index (χ0) is 38.2. The fourth-order valence-electron chi connectivity index (χ4n) is 9.47. The lowest BCUT2D eigenvalue weighted by molar-refractivity contribution is -0.139. The van der Waals surface area contributed by atoms with Crippen molar-refractivity contribution in [2.24, 2.45) is 5.92 Å². The fraction of sp³-hybridized carbons (Fsp3) is 0.558. The number of hydrogen-bond donors (Lipinski definition) is 2. The second-order valence-electron chi connectivity index (χ2n) is 16.3. The Bertz CT molecular complexity index is 1880. The standard InChI is InChI=1S/C43H54F3N3O4/c1-25(2)17-38(49-24-35(36(22-39(49)50)43(44,45)46)29-13-15-48(16-14-29)32-10-6-7-11-32)42(53)47-37(23-40(51)52)31-20-30-9-8-12-33(30)34(21-31)41-27(4)18-26(3)19-28(41)5/h18-22,24-25,29,32,37-38H,6-17,23H2,1-5H3,(H,47,53)(H,51,52)/t37-,38+/m1/s1. The maximum absolute atomic E-state index is 14.5. The molecule has 2 aliphatic carbocycles. The molecule has 3 aliphatic rings. The summed E-state index contributed by atoms with van der Waals surface area (Å²) in [5.41, 5.74) is 6.78. The largest absolute Gasteiger partial charge is 0.481 e. The molecule has 1 saturated heterocycles. The highest BCUT2D eigenvalue weighted by molar-refractivity contribution is 5.82. The maximum atomic E-state index is 14.5. The number of aliphatic carboxylic acids is 1. The Balaban J connectivity index is 1.36. The van der Waals surface area contributed by atoms with Crippen molar-refractivity contribution in [2.45, 2.75) is 135 Å². The molecule has 1 aliphatic heterocycles. The Morgan fingerprint density at radius 3 is 2.19 bits per heavy atom. The van der Waals surface area contributed by atoms with Gasteiger partial charge in [0.15, 0.2) is 0 Å². The summed E-state index contributed by atoms with van der Waals surface area (Å²) in [6.45, 7) is 11.4. The summed E-state index contributed by atoms with van der Waals surface area (Å²) in [7, 11) is 0. The number of likely N-dealkylation sites (tertiary alicyclic amines) is 1. The van der Waals surface area contributed by atoms with E-state index in [0.29, 0.717) is 43.6 Å². The summed E-state index contributed by atoms with van der Waals surface area (Å²) >= 11 is 0. The highest BCUT2D eigenvalue weighted by Crippen LogP contribution is 2.41. The number of carbonyl (C=O) groups excluding carboxylic acids is 1. The van der Waals surface area contributed by atoms with Gasteiger partial charge in [-0.3, -0.25) is 14.4 Å². The van der Waals surface area contributed by atoms with Crippen LogP contribution >= 0.6 is 0 Å². The molecule has 7 nitrogen and oxygen atoms in total.